The van der Waals surface area contributed by atoms with Crippen LogP contribution in [0.2, 0.25) is 0 Å². The normalized spacial score (nSPS) is 11.6. The molecule has 1 aromatic rings. The van der Waals surface area contributed by atoms with Crippen molar-refractivity contribution in [3.05, 3.63) is 35.4 Å². The van der Waals surface area contributed by atoms with E-state index in [0.717, 1.165) is 12.6 Å². The Morgan fingerprint density at radius 1 is 1.23 bits per heavy atom. The largest absolute Gasteiger partial charge is 0.324 e. The molecule has 72 valence electrons. The summed E-state index contributed by atoms with van der Waals surface area (Å²) in [5.74, 6) is 0. The van der Waals surface area contributed by atoms with E-state index in [9.17, 15) is 4.57 Å². The Labute approximate surface area is 80.5 Å². The van der Waals surface area contributed by atoms with Crippen molar-refractivity contribution >= 4 is 7.14 Å². The molecule has 0 saturated heterocycles. The van der Waals surface area contributed by atoms with Crippen molar-refractivity contribution in [1.29, 1.82) is 0 Å². The summed E-state index contributed by atoms with van der Waals surface area (Å²) >= 11 is 0. The van der Waals surface area contributed by atoms with Crippen LogP contribution in [0.15, 0.2) is 24.3 Å². The maximum absolute atomic E-state index is 11.5. The Morgan fingerprint density at radius 3 is 2.38 bits per heavy atom. The van der Waals surface area contributed by atoms with Gasteiger partial charge in [0, 0.05) is 6.16 Å². The van der Waals surface area contributed by atoms with Crippen LogP contribution in [0.4, 0.5) is 0 Å². The number of hydrogen-bond donors (Lipinski definition) is 0. The number of hydrogen-bond acceptors (Lipinski definition) is 1. The van der Waals surface area contributed by atoms with Gasteiger partial charge in [-0.25, -0.2) is 0 Å². The fraction of sp³-hybridized carbons (Fsp3) is 0.455. The highest BCUT2D eigenvalue weighted by Crippen LogP contribution is 2.36. The Morgan fingerprint density at radius 2 is 1.85 bits per heavy atom. The van der Waals surface area contributed by atoms with Crippen LogP contribution in [0.25, 0.3) is 0 Å². The minimum absolute atomic E-state index is 0.817. The fourth-order valence-corrected chi connectivity index (χ4v) is 2.06. The summed E-state index contributed by atoms with van der Waals surface area (Å²) < 4.78 is 11.5. The number of aryl methyl sites for hydroxylation is 2. The summed E-state index contributed by atoms with van der Waals surface area (Å²) in [7, 11) is -1.85. The van der Waals surface area contributed by atoms with E-state index >= 15 is 0 Å². The van der Waals surface area contributed by atoms with E-state index in [1.54, 1.807) is 0 Å². The molecule has 1 aromatic carbocycles. The van der Waals surface area contributed by atoms with Crippen LogP contribution in [0.1, 0.15) is 11.1 Å². The van der Waals surface area contributed by atoms with E-state index in [2.05, 4.69) is 19.1 Å². The first-order chi connectivity index (χ1) is 5.99. The van der Waals surface area contributed by atoms with Gasteiger partial charge in [0.25, 0.3) is 0 Å². The third-order valence-corrected chi connectivity index (χ3v) is 3.48. The highest BCUT2D eigenvalue weighted by Gasteiger charge is 2.07. The summed E-state index contributed by atoms with van der Waals surface area (Å²) in [5.41, 5.74) is 2.63. The molecule has 0 spiro atoms. The van der Waals surface area contributed by atoms with Gasteiger partial charge in [-0.2, -0.15) is 0 Å². The lowest BCUT2D eigenvalue weighted by atomic mass is 10.1. The predicted octanol–water partition coefficient (Wildman–Crippen LogP) is 3.16. The molecule has 1 nitrogen and oxygen atoms in total. The van der Waals surface area contributed by atoms with E-state index in [1.807, 2.05) is 25.5 Å². The SMILES string of the molecule is Cc1ccccc1CCP(C)(C)=O. The van der Waals surface area contributed by atoms with Crippen LogP contribution in [0, 0.1) is 6.92 Å². The van der Waals surface area contributed by atoms with Gasteiger partial charge < -0.3 is 4.57 Å². The van der Waals surface area contributed by atoms with Gasteiger partial charge in [0.2, 0.25) is 0 Å². The summed E-state index contributed by atoms with van der Waals surface area (Å²) in [4.78, 5) is 0. The highest BCUT2D eigenvalue weighted by atomic mass is 31.2. The van der Waals surface area contributed by atoms with Gasteiger partial charge in [0.15, 0.2) is 0 Å². The van der Waals surface area contributed by atoms with Crippen molar-refractivity contribution in [2.45, 2.75) is 13.3 Å². The van der Waals surface area contributed by atoms with Gasteiger partial charge >= 0.3 is 0 Å². The molecule has 0 heterocycles. The molecule has 0 aliphatic heterocycles. The first kappa shape index (κ1) is 10.5. The van der Waals surface area contributed by atoms with Gasteiger partial charge in [-0.1, -0.05) is 24.3 Å². The highest BCUT2D eigenvalue weighted by molar-refractivity contribution is 7.62. The summed E-state index contributed by atoms with van der Waals surface area (Å²) in [6.45, 7) is 5.81. The first-order valence-corrected chi connectivity index (χ1v) is 7.36. The zero-order chi connectivity index (χ0) is 9.90. The van der Waals surface area contributed by atoms with Crippen molar-refractivity contribution in [3.8, 4) is 0 Å². The molecule has 0 N–H and O–H groups in total. The van der Waals surface area contributed by atoms with E-state index in [0.29, 0.717) is 0 Å². The monoisotopic (exact) mass is 196 g/mol. The number of rotatable bonds is 3. The van der Waals surface area contributed by atoms with Gasteiger partial charge in [-0.05, 0) is 37.8 Å². The molecule has 0 bridgehead atoms. The maximum atomic E-state index is 11.5. The molecule has 0 fully saturated rings. The second kappa shape index (κ2) is 4.11. The molecule has 0 amide bonds. The molecule has 0 saturated carbocycles. The van der Waals surface area contributed by atoms with Crippen LogP contribution in [0.3, 0.4) is 0 Å². The molecule has 0 atom stereocenters. The van der Waals surface area contributed by atoms with Crippen LogP contribution in [-0.2, 0) is 11.0 Å². The first-order valence-electron chi connectivity index (χ1n) is 4.57. The molecular weight excluding hydrogens is 179 g/mol. The smallest absolute Gasteiger partial charge is 0.0822 e. The average molecular weight is 196 g/mol. The lowest BCUT2D eigenvalue weighted by Crippen LogP contribution is -1.94. The van der Waals surface area contributed by atoms with Crippen molar-refractivity contribution in [2.24, 2.45) is 0 Å². The van der Waals surface area contributed by atoms with Gasteiger partial charge in [-0.3, -0.25) is 0 Å². The summed E-state index contributed by atoms with van der Waals surface area (Å²) in [6, 6.07) is 8.30. The molecule has 0 unspecified atom stereocenters. The molecule has 13 heavy (non-hydrogen) atoms. The Kier molecular flexibility index (Phi) is 3.33. The molecular formula is C11H17OP. The molecule has 0 aromatic heterocycles. The molecule has 2 heteroatoms. The molecule has 0 radical (unpaired) electrons. The molecule has 0 aliphatic rings. The van der Waals surface area contributed by atoms with Crippen LogP contribution < -0.4 is 0 Å². The second-order valence-electron chi connectivity index (χ2n) is 3.97. The van der Waals surface area contributed by atoms with E-state index in [-0.39, 0.29) is 0 Å². The Bertz CT molecular complexity index is 325. The van der Waals surface area contributed by atoms with Crippen molar-refractivity contribution in [2.75, 3.05) is 19.5 Å². The Balaban J connectivity index is 2.65. The van der Waals surface area contributed by atoms with Crippen LogP contribution >= 0.6 is 7.14 Å². The van der Waals surface area contributed by atoms with Crippen molar-refractivity contribution in [1.82, 2.24) is 0 Å². The third kappa shape index (κ3) is 3.78. The van der Waals surface area contributed by atoms with Gasteiger partial charge in [0.1, 0.15) is 0 Å². The predicted molar refractivity (Wildman–Crippen MR) is 59.2 cm³/mol. The van der Waals surface area contributed by atoms with E-state index in [4.69, 9.17) is 0 Å². The summed E-state index contributed by atoms with van der Waals surface area (Å²) in [5, 5.41) is 0. The second-order valence-corrected chi connectivity index (χ2v) is 7.57. The van der Waals surface area contributed by atoms with Crippen LogP contribution in [-0.4, -0.2) is 19.5 Å². The standard InChI is InChI=1S/C11H17OP/c1-10-6-4-5-7-11(10)8-9-13(2,3)12/h4-7H,8-9H2,1-3H3. The third-order valence-electron chi connectivity index (χ3n) is 2.18. The lowest BCUT2D eigenvalue weighted by Gasteiger charge is -2.08. The Hall–Kier alpha value is -0.550. The van der Waals surface area contributed by atoms with Gasteiger partial charge in [-0.15, -0.1) is 0 Å². The average Bonchev–Trinajstić information content (AvgIpc) is 2.01. The maximum Gasteiger partial charge on any atom is 0.0822 e. The fourth-order valence-electron chi connectivity index (χ4n) is 1.28. The topological polar surface area (TPSA) is 17.1 Å². The zero-order valence-electron chi connectivity index (χ0n) is 8.58. The van der Waals surface area contributed by atoms with E-state index in [1.165, 1.54) is 11.1 Å². The summed E-state index contributed by atoms with van der Waals surface area (Å²) in [6.07, 6.45) is 1.76. The van der Waals surface area contributed by atoms with Gasteiger partial charge in [0.05, 0.1) is 7.14 Å². The van der Waals surface area contributed by atoms with Crippen molar-refractivity contribution < 1.29 is 4.57 Å². The zero-order valence-corrected chi connectivity index (χ0v) is 9.47. The molecule has 0 aliphatic carbocycles. The minimum atomic E-state index is -1.85. The van der Waals surface area contributed by atoms with Crippen LogP contribution in [0.5, 0.6) is 0 Å². The molecule has 1 rings (SSSR count). The minimum Gasteiger partial charge on any atom is -0.324 e. The number of benzene rings is 1. The lowest BCUT2D eigenvalue weighted by molar-refractivity contribution is 0.582. The van der Waals surface area contributed by atoms with Crippen molar-refractivity contribution in [3.63, 3.8) is 0 Å². The van der Waals surface area contributed by atoms with E-state index < -0.39 is 7.14 Å². The quantitative estimate of drug-likeness (QED) is 0.678.